The van der Waals surface area contributed by atoms with Crippen LogP contribution in [0.5, 0.6) is 0 Å². The quantitative estimate of drug-likeness (QED) is 0.251. The van der Waals surface area contributed by atoms with E-state index in [9.17, 15) is 4.79 Å². The molecule has 0 heterocycles. The van der Waals surface area contributed by atoms with Crippen molar-refractivity contribution in [1.82, 2.24) is 5.32 Å². The number of rotatable bonds is 6. The third-order valence-corrected chi connectivity index (χ3v) is 2.06. The lowest BCUT2D eigenvalue weighted by atomic mass is 9.92. The van der Waals surface area contributed by atoms with Gasteiger partial charge in [0.25, 0.3) is 0 Å². The van der Waals surface area contributed by atoms with Crippen molar-refractivity contribution in [2.45, 2.75) is 20.3 Å². The van der Waals surface area contributed by atoms with Gasteiger partial charge >= 0.3 is 0 Å². The number of amidine groups is 1. The average molecular weight is 217 g/mol. The molecule has 0 aromatic rings. The molecule has 0 fully saturated rings. The number of hydrogen-bond donors (Lipinski definition) is 3. The minimum Gasteiger partial charge on any atom is -0.409 e. The Morgan fingerprint density at radius 1 is 1.60 bits per heavy atom. The molecule has 88 valence electrons. The molecule has 0 saturated carbocycles. The maximum Gasteiger partial charge on any atom is 0.222 e. The zero-order valence-electron chi connectivity index (χ0n) is 9.41. The van der Waals surface area contributed by atoms with Crippen LogP contribution in [0.1, 0.15) is 20.3 Å². The van der Waals surface area contributed by atoms with E-state index in [-0.39, 0.29) is 11.7 Å². The topological polar surface area (TPSA) is 96.9 Å². The zero-order chi connectivity index (χ0) is 11.9. The number of hydrogen-bond acceptors (Lipinski definition) is 4. The Kier molecular flexibility index (Phi) is 5.69. The van der Waals surface area contributed by atoms with E-state index in [1.807, 2.05) is 0 Å². The fraction of sp³-hybridized carbons (Fsp3) is 0.778. The lowest BCUT2D eigenvalue weighted by Crippen LogP contribution is -2.42. The smallest absolute Gasteiger partial charge is 0.222 e. The van der Waals surface area contributed by atoms with Crippen molar-refractivity contribution in [1.29, 1.82) is 0 Å². The molecule has 0 unspecified atom stereocenters. The van der Waals surface area contributed by atoms with Gasteiger partial charge in [0.05, 0.1) is 6.61 Å². The van der Waals surface area contributed by atoms with E-state index < -0.39 is 5.41 Å². The van der Waals surface area contributed by atoms with E-state index in [0.717, 1.165) is 0 Å². The molecule has 0 aliphatic rings. The van der Waals surface area contributed by atoms with Gasteiger partial charge in [-0.2, -0.15) is 0 Å². The van der Waals surface area contributed by atoms with Gasteiger partial charge in [0.2, 0.25) is 5.91 Å². The molecule has 6 heteroatoms. The molecule has 0 atom stereocenters. The third kappa shape index (κ3) is 5.21. The van der Waals surface area contributed by atoms with Crippen LogP contribution in [0.2, 0.25) is 0 Å². The Balaban J connectivity index is 3.98. The number of oxime groups is 1. The molecule has 1 amide bonds. The Morgan fingerprint density at radius 2 is 2.20 bits per heavy atom. The summed E-state index contributed by atoms with van der Waals surface area (Å²) in [6.07, 6.45) is 0.308. The summed E-state index contributed by atoms with van der Waals surface area (Å²) >= 11 is 0. The highest BCUT2D eigenvalue weighted by atomic mass is 16.5. The third-order valence-electron chi connectivity index (χ3n) is 2.06. The second-order valence-electron chi connectivity index (χ2n) is 3.89. The number of nitrogens with zero attached hydrogens (tertiary/aromatic N) is 1. The summed E-state index contributed by atoms with van der Waals surface area (Å²) in [5, 5.41) is 14.1. The van der Waals surface area contributed by atoms with Gasteiger partial charge in [0, 0.05) is 25.5 Å². The molecule has 0 aliphatic heterocycles. The number of nitrogens with two attached hydrogens (primary N) is 1. The molecule has 4 N–H and O–H groups in total. The summed E-state index contributed by atoms with van der Waals surface area (Å²) in [5.41, 5.74) is 4.90. The minimum absolute atomic E-state index is 0.0922. The molecule has 0 aromatic heterocycles. The van der Waals surface area contributed by atoms with Crippen LogP contribution in [0, 0.1) is 5.41 Å². The normalized spacial score (nSPS) is 12.6. The number of nitrogens with one attached hydrogen (secondary N) is 1. The van der Waals surface area contributed by atoms with Gasteiger partial charge in [-0.05, 0) is 0 Å². The van der Waals surface area contributed by atoms with Gasteiger partial charge in [-0.25, -0.2) is 0 Å². The lowest BCUT2D eigenvalue weighted by molar-refractivity contribution is -0.122. The highest BCUT2D eigenvalue weighted by Gasteiger charge is 2.24. The van der Waals surface area contributed by atoms with Crippen LogP contribution in [0.4, 0.5) is 0 Å². The van der Waals surface area contributed by atoms with Crippen molar-refractivity contribution in [2.24, 2.45) is 16.3 Å². The second kappa shape index (κ2) is 6.23. The summed E-state index contributed by atoms with van der Waals surface area (Å²) in [7, 11) is 1.54. The van der Waals surface area contributed by atoms with Crippen LogP contribution in [0.15, 0.2) is 5.16 Å². The van der Waals surface area contributed by atoms with Crippen molar-refractivity contribution in [3.63, 3.8) is 0 Å². The monoisotopic (exact) mass is 217 g/mol. The van der Waals surface area contributed by atoms with Gasteiger partial charge in [0.1, 0.15) is 5.84 Å². The molecule has 0 aliphatic carbocycles. The van der Waals surface area contributed by atoms with Crippen LogP contribution in [0.3, 0.4) is 0 Å². The first-order valence-corrected chi connectivity index (χ1v) is 4.67. The summed E-state index contributed by atoms with van der Waals surface area (Å²) in [5.74, 6) is -0.0230. The van der Waals surface area contributed by atoms with E-state index in [1.54, 1.807) is 13.8 Å². The summed E-state index contributed by atoms with van der Waals surface area (Å²) < 4.78 is 4.76. The molecule has 0 radical (unpaired) electrons. The van der Waals surface area contributed by atoms with Gasteiger partial charge in [-0.15, -0.1) is 0 Å². The number of methoxy groups -OCH3 is 1. The van der Waals surface area contributed by atoms with Crippen molar-refractivity contribution in [3.05, 3.63) is 0 Å². The maximum absolute atomic E-state index is 11.2. The molecule has 15 heavy (non-hydrogen) atoms. The first kappa shape index (κ1) is 13.7. The Hall–Kier alpha value is -1.30. The highest BCUT2D eigenvalue weighted by Crippen LogP contribution is 2.13. The molecule has 6 nitrogen and oxygen atoms in total. The lowest BCUT2D eigenvalue weighted by Gasteiger charge is -2.22. The van der Waals surface area contributed by atoms with E-state index >= 15 is 0 Å². The first-order valence-electron chi connectivity index (χ1n) is 4.67. The number of carbonyl (C=O) groups excluding carboxylic acids is 1. The molecule has 0 saturated heterocycles. The molecule has 0 spiro atoms. The predicted octanol–water partition coefficient (Wildman–Crippen LogP) is -0.0883. The molecular weight excluding hydrogens is 198 g/mol. The molecule has 0 rings (SSSR count). The summed E-state index contributed by atoms with van der Waals surface area (Å²) in [4.78, 5) is 11.2. The van der Waals surface area contributed by atoms with Crippen molar-refractivity contribution >= 4 is 11.7 Å². The van der Waals surface area contributed by atoms with Gasteiger partial charge < -0.3 is 21.0 Å². The Bertz CT molecular complexity index is 239. The van der Waals surface area contributed by atoms with E-state index in [4.69, 9.17) is 15.7 Å². The summed E-state index contributed by atoms with van der Waals surface area (Å²) in [6.45, 7) is 4.26. The predicted molar refractivity (Wildman–Crippen MR) is 56.7 cm³/mol. The maximum atomic E-state index is 11.2. The van der Waals surface area contributed by atoms with Crippen molar-refractivity contribution < 1.29 is 14.7 Å². The molecular formula is C9H19N3O3. The van der Waals surface area contributed by atoms with E-state index in [2.05, 4.69) is 10.5 Å². The summed E-state index contributed by atoms with van der Waals surface area (Å²) in [6, 6.07) is 0. The van der Waals surface area contributed by atoms with Crippen LogP contribution in [-0.4, -0.2) is 37.2 Å². The van der Waals surface area contributed by atoms with Crippen LogP contribution in [0.25, 0.3) is 0 Å². The fourth-order valence-electron chi connectivity index (χ4n) is 0.829. The number of carbonyl (C=O) groups is 1. The number of ether oxygens (including phenoxy) is 1. The Morgan fingerprint density at radius 3 is 2.67 bits per heavy atom. The molecule has 0 bridgehead atoms. The average Bonchev–Trinajstić information content (AvgIpc) is 2.22. The SMILES string of the molecule is COCCC(=O)NCC(C)(C)C(N)=NO. The van der Waals surface area contributed by atoms with Crippen molar-refractivity contribution in [3.8, 4) is 0 Å². The number of amides is 1. The molecule has 0 aromatic carbocycles. The van der Waals surface area contributed by atoms with Crippen LogP contribution in [-0.2, 0) is 9.53 Å². The van der Waals surface area contributed by atoms with Gasteiger partial charge in [-0.1, -0.05) is 19.0 Å². The van der Waals surface area contributed by atoms with Crippen LogP contribution < -0.4 is 11.1 Å². The fourth-order valence-corrected chi connectivity index (χ4v) is 0.829. The van der Waals surface area contributed by atoms with Crippen LogP contribution >= 0.6 is 0 Å². The second-order valence-corrected chi connectivity index (χ2v) is 3.89. The minimum atomic E-state index is -0.558. The first-order chi connectivity index (χ1) is 6.94. The van der Waals surface area contributed by atoms with E-state index in [0.29, 0.717) is 19.6 Å². The Labute approximate surface area is 89.5 Å². The zero-order valence-corrected chi connectivity index (χ0v) is 9.41. The standard InChI is InChI=1S/C9H19N3O3/c1-9(2,8(10)12-14)6-11-7(13)4-5-15-3/h14H,4-6H2,1-3H3,(H2,10,12)(H,11,13). The largest absolute Gasteiger partial charge is 0.409 e. The van der Waals surface area contributed by atoms with Gasteiger partial charge in [0.15, 0.2) is 0 Å². The van der Waals surface area contributed by atoms with Crippen molar-refractivity contribution in [2.75, 3.05) is 20.3 Å². The van der Waals surface area contributed by atoms with E-state index in [1.165, 1.54) is 7.11 Å². The van der Waals surface area contributed by atoms with Gasteiger partial charge in [-0.3, -0.25) is 4.79 Å². The highest BCUT2D eigenvalue weighted by molar-refractivity contribution is 5.86.